The van der Waals surface area contributed by atoms with Crippen LogP contribution in [0.25, 0.3) is 0 Å². The molecule has 8 heteroatoms. The average Bonchev–Trinajstić information content (AvgIpc) is 2.93. The normalized spacial score (nSPS) is 15.4. The third-order valence-corrected chi connectivity index (χ3v) is 3.42. The van der Waals surface area contributed by atoms with E-state index in [2.05, 4.69) is 25.7 Å². The third kappa shape index (κ3) is 2.31. The molecule has 0 spiro atoms. The van der Waals surface area contributed by atoms with E-state index in [0.717, 1.165) is 17.4 Å². The Morgan fingerprint density at radius 2 is 2.35 bits per heavy atom. The first-order valence-electron chi connectivity index (χ1n) is 5.59. The first-order valence-corrected chi connectivity index (χ1v) is 6.57. The van der Waals surface area contributed by atoms with E-state index in [-0.39, 0.29) is 0 Å². The minimum Gasteiger partial charge on any atom is -0.338 e. The van der Waals surface area contributed by atoms with Crippen LogP contribution >= 0.6 is 11.8 Å². The maximum Gasteiger partial charge on any atom is 0.237 e. The zero-order chi connectivity index (χ0) is 11.7. The van der Waals surface area contributed by atoms with E-state index in [1.807, 2.05) is 11.6 Å². The van der Waals surface area contributed by atoms with Gasteiger partial charge in [-0.05, 0) is 23.3 Å². The molecule has 17 heavy (non-hydrogen) atoms. The van der Waals surface area contributed by atoms with Gasteiger partial charge in [0.15, 0.2) is 5.82 Å². The number of aryl methyl sites for hydroxylation is 1. The van der Waals surface area contributed by atoms with Gasteiger partial charge < -0.3 is 4.52 Å². The minimum atomic E-state index is 0.487. The van der Waals surface area contributed by atoms with Gasteiger partial charge in [0.25, 0.3) is 0 Å². The lowest BCUT2D eigenvalue weighted by Gasteiger charge is -1.98. The van der Waals surface area contributed by atoms with Gasteiger partial charge in [-0.3, -0.25) is 0 Å². The first-order chi connectivity index (χ1) is 8.36. The molecule has 7 nitrogen and oxygen atoms in total. The Kier molecular flexibility index (Phi) is 2.79. The van der Waals surface area contributed by atoms with Crippen LogP contribution in [0.4, 0.5) is 0 Å². The lowest BCUT2D eigenvalue weighted by atomic mass is 10.5. The maximum atomic E-state index is 5.11. The topological polar surface area (TPSA) is 82.5 Å². The average molecular weight is 252 g/mol. The molecule has 0 amide bonds. The lowest BCUT2D eigenvalue weighted by molar-refractivity contribution is 0.385. The van der Waals surface area contributed by atoms with Crippen LogP contribution in [-0.4, -0.2) is 30.3 Å². The second-order valence-corrected chi connectivity index (χ2v) is 4.83. The van der Waals surface area contributed by atoms with Crippen molar-refractivity contribution in [1.82, 2.24) is 30.3 Å². The van der Waals surface area contributed by atoms with Crippen molar-refractivity contribution in [3.8, 4) is 0 Å². The van der Waals surface area contributed by atoms with Crippen molar-refractivity contribution >= 4 is 11.8 Å². The predicted octanol–water partition coefficient (Wildman–Crippen LogP) is 1.25. The van der Waals surface area contributed by atoms with Crippen molar-refractivity contribution in [3.63, 3.8) is 0 Å². The summed E-state index contributed by atoms with van der Waals surface area (Å²) >= 11 is 1.53. The van der Waals surface area contributed by atoms with E-state index < -0.39 is 0 Å². The molecule has 0 bridgehead atoms. The number of hydrogen-bond acceptors (Lipinski definition) is 7. The molecule has 90 valence electrons. The van der Waals surface area contributed by atoms with Crippen LogP contribution in [0.3, 0.4) is 0 Å². The molecule has 1 saturated carbocycles. The van der Waals surface area contributed by atoms with Crippen molar-refractivity contribution in [2.75, 3.05) is 0 Å². The highest BCUT2D eigenvalue weighted by Gasteiger charge is 2.28. The predicted molar refractivity (Wildman–Crippen MR) is 59.3 cm³/mol. The summed E-state index contributed by atoms with van der Waals surface area (Å²) in [6.45, 7) is 2.00. The summed E-state index contributed by atoms with van der Waals surface area (Å²) in [5.41, 5.74) is 0. The van der Waals surface area contributed by atoms with Gasteiger partial charge in [-0.2, -0.15) is 4.98 Å². The van der Waals surface area contributed by atoms with E-state index >= 15 is 0 Å². The first kappa shape index (κ1) is 10.7. The molecule has 1 aliphatic rings. The molecule has 0 atom stereocenters. The molecule has 2 aromatic heterocycles. The summed E-state index contributed by atoms with van der Waals surface area (Å²) in [5, 5.41) is 16.3. The molecule has 1 fully saturated rings. The van der Waals surface area contributed by atoms with Gasteiger partial charge in [0, 0.05) is 6.42 Å². The Morgan fingerprint density at radius 3 is 3.06 bits per heavy atom. The largest absolute Gasteiger partial charge is 0.338 e. The third-order valence-electron chi connectivity index (χ3n) is 2.51. The van der Waals surface area contributed by atoms with Crippen molar-refractivity contribution in [2.24, 2.45) is 0 Å². The van der Waals surface area contributed by atoms with E-state index in [4.69, 9.17) is 4.52 Å². The Bertz CT molecular complexity index is 505. The fourth-order valence-electron chi connectivity index (χ4n) is 1.45. The number of rotatable bonds is 5. The molecule has 0 radical (unpaired) electrons. The quantitative estimate of drug-likeness (QED) is 0.740. The summed E-state index contributed by atoms with van der Waals surface area (Å²) in [5.74, 6) is 1.97. The minimum absolute atomic E-state index is 0.487. The van der Waals surface area contributed by atoms with E-state index in [0.29, 0.717) is 17.7 Å². The van der Waals surface area contributed by atoms with Gasteiger partial charge in [0.1, 0.15) is 0 Å². The number of nitrogens with zero attached hydrogens (tertiary/aromatic N) is 6. The highest BCUT2D eigenvalue weighted by atomic mass is 32.2. The van der Waals surface area contributed by atoms with Crippen molar-refractivity contribution in [1.29, 1.82) is 0 Å². The summed E-state index contributed by atoms with van der Waals surface area (Å²) in [4.78, 5) is 4.24. The fourth-order valence-corrected chi connectivity index (χ4v) is 2.23. The van der Waals surface area contributed by atoms with Crippen LogP contribution in [0.15, 0.2) is 9.68 Å². The maximum absolute atomic E-state index is 5.11. The standard InChI is InChI=1S/C9H12N6OS/c1-2-7-10-8(16-12-7)5-17-9-11-13-14-15(9)6-3-4-6/h6H,2-5H2,1H3. The summed E-state index contributed by atoms with van der Waals surface area (Å²) < 4.78 is 6.99. The van der Waals surface area contributed by atoms with Crippen molar-refractivity contribution < 1.29 is 4.52 Å². The smallest absolute Gasteiger partial charge is 0.237 e. The SMILES string of the molecule is CCc1noc(CSc2nnnn2C2CC2)n1. The van der Waals surface area contributed by atoms with Gasteiger partial charge in [0.2, 0.25) is 11.0 Å². The molecule has 0 saturated heterocycles. The van der Waals surface area contributed by atoms with Gasteiger partial charge >= 0.3 is 0 Å². The van der Waals surface area contributed by atoms with Crippen LogP contribution in [0.5, 0.6) is 0 Å². The van der Waals surface area contributed by atoms with Crippen LogP contribution in [0.2, 0.25) is 0 Å². The van der Waals surface area contributed by atoms with Gasteiger partial charge in [-0.25, -0.2) is 4.68 Å². The molecule has 3 rings (SSSR count). The molecule has 2 heterocycles. The Hall–Kier alpha value is -1.44. The second-order valence-electron chi connectivity index (χ2n) is 3.88. The van der Waals surface area contributed by atoms with Crippen LogP contribution in [0, 0.1) is 0 Å². The monoisotopic (exact) mass is 252 g/mol. The highest BCUT2D eigenvalue weighted by Crippen LogP contribution is 2.36. The van der Waals surface area contributed by atoms with E-state index in [9.17, 15) is 0 Å². The van der Waals surface area contributed by atoms with Gasteiger partial charge in [-0.1, -0.05) is 23.8 Å². The zero-order valence-corrected chi connectivity index (χ0v) is 10.2. The molecule has 0 unspecified atom stereocenters. The molecule has 0 aromatic carbocycles. The molecular formula is C9H12N6OS. The van der Waals surface area contributed by atoms with Crippen LogP contribution in [-0.2, 0) is 12.2 Å². The Balaban J connectivity index is 1.64. The summed E-state index contributed by atoms with van der Waals surface area (Å²) in [6, 6.07) is 0.487. The van der Waals surface area contributed by atoms with Crippen molar-refractivity contribution in [3.05, 3.63) is 11.7 Å². The van der Waals surface area contributed by atoms with Crippen LogP contribution < -0.4 is 0 Å². The molecule has 1 aliphatic carbocycles. The number of thioether (sulfide) groups is 1. The van der Waals surface area contributed by atoms with E-state index in [1.54, 1.807) is 0 Å². The molecule has 2 aromatic rings. The summed E-state index contributed by atoms with van der Waals surface area (Å²) in [6.07, 6.45) is 3.12. The summed E-state index contributed by atoms with van der Waals surface area (Å²) in [7, 11) is 0. The molecule has 0 N–H and O–H groups in total. The molecular weight excluding hydrogens is 240 g/mol. The van der Waals surface area contributed by atoms with Crippen molar-refractivity contribution in [2.45, 2.75) is 43.1 Å². The fraction of sp³-hybridized carbons (Fsp3) is 0.667. The second kappa shape index (κ2) is 4.44. The highest BCUT2D eigenvalue weighted by molar-refractivity contribution is 7.98. The molecule has 0 aliphatic heterocycles. The number of tetrazole rings is 1. The zero-order valence-electron chi connectivity index (χ0n) is 9.41. The van der Waals surface area contributed by atoms with E-state index in [1.165, 1.54) is 24.6 Å². The Morgan fingerprint density at radius 1 is 1.47 bits per heavy atom. The number of aromatic nitrogens is 6. The Labute approximate surface area is 102 Å². The lowest BCUT2D eigenvalue weighted by Crippen LogP contribution is -1.98. The van der Waals surface area contributed by atoms with Gasteiger partial charge in [0.05, 0.1) is 11.8 Å². The van der Waals surface area contributed by atoms with Gasteiger partial charge in [-0.15, -0.1) is 5.10 Å². The van der Waals surface area contributed by atoms with Crippen LogP contribution in [0.1, 0.15) is 37.5 Å². The number of hydrogen-bond donors (Lipinski definition) is 0.